The number of carbonyl (C=O) groups is 2. The van der Waals surface area contributed by atoms with Gasteiger partial charge in [0.15, 0.2) is 0 Å². The molecule has 1 aromatic rings. The van der Waals surface area contributed by atoms with Gasteiger partial charge in [-0.05, 0) is 37.5 Å². The number of rotatable bonds is 5. The molecule has 0 radical (unpaired) electrons. The second-order valence-electron chi connectivity index (χ2n) is 5.77. The smallest absolute Gasteiger partial charge is 0.313 e. The fourth-order valence-corrected chi connectivity index (χ4v) is 1.99. The Labute approximate surface area is 136 Å². The molecule has 0 aliphatic carbocycles. The highest BCUT2D eigenvalue weighted by Crippen LogP contribution is 2.20. The van der Waals surface area contributed by atoms with Gasteiger partial charge in [0, 0.05) is 17.3 Å². The predicted octanol–water partition coefficient (Wildman–Crippen LogP) is 2.50. The van der Waals surface area contributed by atoms with Gasteiger partial charge in [-0.3, -0.25) is 9.59 Å². The molecule has 0 saturated carbocycles. The zero-order valence-electron chi connectivity index (χ0n) is 13.4. The molecule has 122 valence electrons. The first-order valence-electron chi connectivity index (χ1n) is 7.25. The molecule has 6 heteroatoms. The van der Waals surface area contributed by atoms with E-state index in [9.17, 15) is 14.7 Å². The second-order valence-corrected chi connectivity index (χ2v) is 6.17. The van der Waals surface area contributed by atoms with Crippen LogP contribution in [0.15, 0.2) is 18.2 Å². The van der Waals surface area contributed by atoms with E-state index in [0.29, 0.717) is 10.7 Å². The maximum absolute atomic E-state index is 11.8. The van der Waals surface area contributed by atoms with Crippen molar-refractivity contribution < 1.29 is 14.7 Å². The van der Waals surface area contributed by atoms with Gasteiger partial charge in [-0.15, -0.1) is 0 Å². The first-order valence-corrected chi connectivity index (χ1v) is 7.63. The SMILES string of the molecule is CC[C@@H](C)[C@@](C)(O)CNC(=O)C(=O)Nc1ccc(C)c(Cl)c1. The third kappa shape index (κ3) is 5.00. The summed E-state index contributed by atoms with van der Waals surface area (Å²) in [5.74, 6) is -1.58. The van der Waals surface area contributed by atoms with Crippen LogP contribution in [0.25, 0.3) is 0 Å². The summed E-state index contributed by atoms with van der Waals surface area (Å²) in [7, 11) is 0. The van der Waals surface area contributed by atoms with Crippen molar-refractivity contribution in [3.05, 3.63) is 28.8 Å². The third-order valence-corrected chi connectivity index (χ3v) is 4.32. The molecule has 0 unspecified atom stereocenters. The highest BCUT2D eigenvalue weighted by molar-refractivity contribution is 6.39. The highest BCUT2D eigenvalue weighted by Gasteiger charge is 2.28. The van der Waals surface area contributed by atoms with E-state index in [0.717, 1.165) is 12.0 Å². The van der Waals surface area contributed by atoms with Crippen LogP contribution < -0.4 is 10.6 Å². The van der Waals surface area contributed by atoms with Crippen LogP contribution in [0.5, 0.6) is 0 Å². The molecule has 0 fully saturated rings. The molecule has 0 spiro atoms. The van der Waals surface area contributed by atoms with Gasteiger partial charge in [0.05, 0.1) is 5.60 Å². The van der Waals surface area contributed by atoms with Crippen LogP contribution >= 0.6 is 11.6 Å². The van der Waals surface area contributed by atoms with E-state index >= 15 is 0 Å². The molecule has 2 amide bonds. The Balaban J connectivity index is 2.59. The summed E-state index contributed by atoms with van der Waals surface area (Å²) < 4.78 is 0. The number of carbonyl (C=O) groups excluding carboxylic acids is 2. The molecule has 0 bridgehead atoms. The van der Waals surface area contributed by atoms with Gasteiger partial charge in [-0.1, -0.05) is 37.9 Å². The number of anilines is 1. The first kappa shape index (κ1) is 18.5. The lowest BCUT2D eigenvalue weighted by Crippen LogP contribution is -2.47. The topological polar surface area (TPSA) is 78.4 Å². The molecule has 0 aliphatic heterocycles. The molecular formula is C16H23ClN2O3. The Hall–Kier alpha value is -1.59. The highest BCUT2D eigenvalue weighted by atomic mass is 35.5. The Morgan fingerprint density at radius 2 is 2.00 bits per heavy atom. The van der Waals surface area contributed by atoms with E-state index in [-0.39, 0.29) is 12.5 Å². The number of aryl methyl sites for hydroxylation is 1. The zero-order valence-corrected chi connectivity index (χ0v) is 14.1. The molecule has 22 heavy (non-hydrogen) atoms. The molecule has 3 N–H and O–H groups in total. The molecule has 0 heterocycles. The Bertz CT molecular complexity index is 558. The number of benzene rings is 1. The van der Waals surface area contributed by atoms with E-state index in [1.165, 1.54) is 0 Å². The summed E-state index contributed by atoms with van der Waals surface area (Å²) in [4.78, 5) is 23.6. The standard InChI is InChI=1S/C16H23ClN2O3/c1-5-11(3)16(4,22)9-18-14(20)15(21)19-12-7-6-10(2)13(17)8-12/h6-8,11,22H,5,9H2,1-4H3,(H,18,20)(H,19,21)/t11-,16+/m1/s1. The van der Waals surface area contributed by atoms with Crippen LogP contribution in [0, 0.1) is 12.8 Å². The summed E-state index contributed by atoms with van der Waals surface area (Å²) in [6.07, 6.45) is 0.775. The van der Waals surface area contributed by atoms with E-state index in [1.54, 1.807) is 25.1 Å². The fourth-order valence-electron chi connectivity index (χ4n) is 1.81. The van der Waals surface area contributed by atoms with E-state index in [4.69, 9.17) is 11.6 Å². The van der Waals surface area contributed by atoms with E-state index in [2.05, 4.69) is 10.6 Å². The lowest BCUT2D eigenvalue weighted by Gasteiger charge is -2.29. The number of nitrogens with one attached hydrogen (secondary N) is 2. The van der Waals surface area contributed by atoms with Gasteiger partial charge < -0.3 is 15.7 Å². The minimum absolute atomic E-state index is 0.00627. The van der Waals surface area contributed by atoms with Crippen LogP contribution in [0.4, 0.5) is 5.69 Å². The second kappa shape index (κ2) is 7.61. The number of aliphatic hydroxyl groups is 1. The summed E-state index contributed by atoms with van der Waals surface area (Å²) in [6, 6.07) is 5.00. The van der Waals surface area contributed by atoms with Crippen LogP contribution in [-0.2, 0) is 9.59 Å². The molecule has 0 aliphatic rings. The number of amides is 2. The predicted molar refractivity (Wildman–Crippen MR) is 87.9 cm³/mol. The maximum atomic E-state index is 11.8. The normalized spacial score (nSPS) is 14.8. The molecule has 0 saturated heterocycles. The van der Waals surface area contributed by atoms with Gasteiger partial charge in [0.2, 0.25) is 0 Å². The molecule has 0 aromatic heterocycles. The number of halogens is 1. The maximum Gasteiger partial charge on any atom is 0.313 e. The van der Waals surface area contributed by atoms with Crippen molar-refractivity contribution in [1.82, 2.24) is 5.32 Å². The van der Waals surface area contributed by atoms with Crippen molar-refractivity contribution in [2.24, 2.45) is 5.92 Å². The number of hydrogen-bond donors (Lipinski definition) is 3. The van der Waals surface area contributed by atoms with Gasteiger partial charge in [-0.25, -0.2) is 0 Å². The van der Waals surface area contributed by atoms with E-state index < -0.39 is 17.4 Å². The van der Waals surface area contributed by atoms with Crippen LogP contribution in [0.2, 0.25) is 5.02 Å². The van der Waals surface area contributed by atoms with Crippen molar-refractivity contribution in [1.29, 1.82) is 0 Å². The monoisotopic (exact) mass is 326 g/mol. The third-order valence-electron chi connectivity index (χ3n) is 3.92. The molecule has 1 rings (SSSR count). The van der Waals surface area contributed by atoms with Crippen molar-refractivity contribution in [2.75, 3.05) is 11.9 Å². The minimum Gasteiger partial charge on any atom is -0.388 e. The van der Waals surface area contributed by atoms with Crippen molar-refractivity contribution >= 4 is 29.1 Å². The van der Waals surface area contributed by atoms with E-state index in [1.807, 2.05) is 20.8 Å². The molecular weight excluding hydrogens is 304 g/mol. The summed E-state index contributed by atoms with van der Waals surface area (Å²) in [5.41, 5.74) is 0.274. The number of hydrogen-bond acceptors (Lipinski definition) is 3. The van der Waals surface area contributed by atoms with Gasteiger partial charge in [0.25, 0.3) is 0 Å². The minimum atomic E-state index is -1.06. The molecule has 2 atom stereocenters. The van der Waals surface area contributed by atoms with Crippen molar-refractivity contribution in [2.45, 2.75) is 39.7 Å². The largest absolute Gasteiger partial charge is 0.388 e. The average Bonchev–Trinajstić information content (AvgIpc) is 2.47. The van der Waals surface area contributed by atoms with Crippen LogP contribution in [0.3, 0.4) is 0 Å². The Kier molecular flexibility index (Phi) is 6.38. The van der Waals surface area contributed by atoms with Crippen LogP contribution in [-0.4, -0.2) is 29.1 Å². The fraction of sp³-hybridized carbons (Fsp3) is 0.500. The van der Waals surface area contributed by atoms with Crippen LogP contribution in [0.1, 0.15) is 32.8 Å². The first-order chi connectivity index (χ1) is 10.2. The zero-order chi connectivity index (χ0) is 16.9. The molecule has 1 aromatic carbocycles. The summed E-state index contributed by atoms with van der Waals surface area (Å²) >= 11 is 5.96. The van der Waals surface area contributed by atoms with Crippen molar-refractivity contribution in [3.8, 4) is 0 Å². The average molecular weight is 327 g/mol. The lowest BCUT2D eigenvalue weighted by molar-refractivity contribution is -0.137. The Morgan fingerprint density at radius 1 is 1.36 bits per heavy atom. The van der Waals surface area contributed by atoms with Crippen molar-refractivity contribution in [3.63, 3.8) is 0 Å². The quantitative estimate of drug-likeness (QED) is 0.727. The van der Waals surface area contributed by atoms with Gasteiger partial charge in [0.1, 0.15) is 0 Å². The Morgan fingerprint density at radius 3 is 2.55 bits per heavy atom. The summed E-state index contributed by atoms with van der Waals surface area (Å²) in [6.45, 7) is 7.34. The molecule has 5 nitrogen and oxygen atoms in total. The summed E-state index contributed by atoms with van der Waals surface area (Å²) in [5, 5.41) is 15.6. The van der Waals surface area contributed by atoms with Gasteiger partial charge >= 0.3 is 11.8 Å². The van der Waals surface area contributed by atoms with Gasteiger partial charge in [-0.2, -0.15) is 0 Å². The lowest BCUT2D eigenvalue weighted by atomic mass is 9.89.